The maximum atomic E-state index is 12.8. The summed E-state index contributed by atoms with van der Waals surface area (Å²) in [7, 11) is 0. The van der Waals surface area contributed by atoms with E-state index in [4.69, 9.17) is 9.47 Å². The molecule has 0 fully saturated rings. The zero-order chi connectivity index (χ0) is 23.5. The van der Waals surface area contributed by atoms with E-state index in [1.165, 1.54) is 18.2 Å². The number of non-ortho nitro benzene ring substituents is 1. The zero-order valence-corrected chi connectivity index (χ0v) is 16.6. The van der Waals surface area contributed by atoms with Gasteiger partial charge in [0, 0.05) is 19.1 Å². The number of hydrogen-bond acceptors (Lipinski definition) is 10. The van der Waals surface area contributed by atoms with Crippen LogP contribution in [0.4, 0.5) is 5.69 Å². The molecule has 2 rings (SSSR count). The third kappa shape index (κ3) is 4.83. The summed E-state index contributed by atoms with van der Waals surface area (Å²) in [6.07, 6.45) is 0. The second-order valence-corrected chi connectivity index (χ2v) is 6.36. The van der Waals surface area contributed by atoms with Crippen molar-refractivity contribution in [3.8, 4) is 17.2 Å². The fourth-order valence-corrected chi connectivity index (χ4v) is 2.81. The minimum atomic E-state index is -1.26. The lowest BCUT2D eigenvalue weighted by Crippen LogP contribution is -2.18. The van der Waals surface area contributed by atoms with Crippen LogP contribution in [0.5, 0.6) is 17.2 Å². The first-order valence-electron chi connectivity index (χ1n) is 8.68. The van der Waals surface area contributed by atoms with Gasteiger partial charge in [-0.15, -0.1) is 0 Å². The molecule has 2 N–H and O–H groups in total. The summed E-state index contributed by atoms with van der Waals surface area (Å²) in [5, 5.41) is 31.3. The Morgan fingerprint density at radius 1 is 0.968 bits per heavy atom. The number of rotatable bonds is 7. The highest BCUT2D eigenvalue weighted by Crippen LogP contribution is 2.45. The van der Waals surface area contributed by atoms with E-state index in [2.05, 4.69) is 0 Å². The fraction of sp³-hybridized carbons (Fsp3) is 0.200. The molecule has 0 radical (unpaired) electrons. The molecule has 162 valence electrons. The van der Waals surface area contributed by atoms with Crippen LogP contribution in [0.15, 0.2) is 24.3 Å². The van der Waals surface area contributed by atoms with Crippen LogP contribution < -0.4 is 4.74 Å². The first-order valence-corrected chi connectivity index (χ1v) is 8.68. The van der Waals surface area contributed by atoms with Gasteiger partial charge in [0.15, 0.2) is 23.1 Å². The molecular formula is C20H17NO10. The molecule has 0 bridgehead atoms. The number of Topliss-reactive ketones (excluding diaryl/α,β-unsaturated/α-hetero) is 2. The van der Waals surface area contributed by atoms with Gasteiger partial charge in [-0.05, 0) is 19.4 Å². The Balaban J connectivity index is 2.60. The average molecular weight is 431 g/mol. The summed E-state index contributed by atoms with van der Waals surface area (Å²) in [5.41, 5.74) is -2.07. The van der Waals surface area contributed by atoms with Crippen LogP contribution in [0, 0.1) is 10.1 Å². The van der Waals surface area contributed by atoms with Gasteiger partial charge in [0.2, 0.25) is 5.75 Å². The molecule has 0 atom stereocenters. The molecule has 2 aromatic carbocycles. The number of ketones is 2. The van der Waals surface area contributed by atoms with E-state index < -0.39 is 69.0 Å². The largest absolute Gasteiger partial charge is 0.504 e. The normalized spacial score (nSPS) is 10.3. The first-order chi connectivity index (χ1) is 14.5. The van der Waals surface area contributed by atoms with Crippen LogP contribution in [0.3, 0.4) is 0 Å². The second kappa shape index (κ2) is 9.03. The zero-order valence-electron chi connectivity index (χ0n) is 16.6. The molecule has 0 heterocycles. The number of phenolic OH excluding ortho intramolecular Hbond substituents is 2. The molecule has 11 nitrogen and oxygen atoms in total. The molecule has 0 aliphatic rings. The van der Waals surface area contributed by atoms with Crippen LogP contribution in [-0.4, -0.2) is 38.6 Å². The molecule has 0 saturated heterocycles. The third-order valence-corrected chi connectivity index (χ3v) is 4.05. The average Bonchev–Trinajstić information content (AvgIpc) is 2.68. The lowest BCUT2D eigenvalue weighted by molar-refractivity contribution is -0.384. The number of carbonyl (C=O) groups excluding carboxylic acids is 4. The Morgan fingerprint density at radius 3 is 2.10 bits per heavy atom. The van der Waals surface area contributed by atoms with Crippen molar-refractivity contribution in [2.75, 3.05) is 0 Å². The molecule has 31 heavy (non-hydrogen) atoms. The predicted octanol–water partition coefficient (Wildman–Crippen LogP) is 2.69. The van der Waals surface area contributed by atoms with E-state index >= 15 is 0 Å². The SMILES string of the molecule is CC(=O)Oc1c(O)c(O)c(C(C)=O)c(C(=O)OCc2cccc([N+](=O)[O-])c2)c1C(C)=O. The molecule has 11 heteroatoms. The van der Waals surface area contributed by atoms with E-state index in [1.54, 1.807) is 0 Å². The molecule has 0 saturated carbocycles. The summed E-state index contributed by atoms with van der Waals surface area (Å²) < 4.78 is 9.87. The number of phenols is 2. The van der Waals surface area contributed by atoms with Crippen molar-refractivity contribution in [2.45, 2.75) is 27.4 Å². The van der Waals surface area contributed by atoms with Crippen LogP contribution in [0.1, 0.15) is 57.4 Å². The maximum absolute atomic E-state index is 12.8. The third-order valence-electron chi connectivity index (χ3n) is 4.05. The number of aromatic hydroxyl groups is 2. The van der Waals surface area contributed by atoms with Gasteiger partial charge in [-0.3, -0.25) is 24.5 Å². The predicted molar refractivity (Wildman–Crippen MR) is 103 cm³/mol. The van der Waals surface area contributed by atoms with E-state index in [9.17, 15) is 39.5 Å². The lowest BCUT2D eigenvalue weighted by Gasteiger charge is -2.18. The summed E-state index contributed by atoms with van der Waals surface area (Å²) in [4.78, 5) is 58.7. The highest BCUT2D eigenvalue weighted by molar-refractivity contribution is 6.16. The van der Waals surface area contributed by atoms with E-state index in [1.807, 2.05) is 0 Å². The number of benzene rings is 2. The number of esters is 2. The standard InChI is InChI=1S/C20H17NO10/c1-9(22)14-16(15(10(2)23)19(31-11(3)24)18(26)17(14)25)20(27)30-8-12-5-4-6-13(7-12)21(28)29/h4-7,25-26H,8H2,1-3H3. The van der Waals surface area contributed by atoms with Gasteiger partial charge in [-0.2, -0.15) is 0 Å². The number of ether oxygens (including phenoxy) is 2. The molecule has 0 spiro atoms. The van der Waals surface area contributed by atoms with Crippen molar-refractivity contribution >= 4 is 29.2 Å². The molecule has 0 aliphatic heterocycles. The quantitative estimate of drug-likeness (QED) is 0.166. The van der Waals surface area contributed by atoms with Crippen molar-refractivity contribution in [3.63, 3.8) is 0 Å². The topological polar surface area (TPSA) is 170 Å². The summed E-state index contributed by atoms with van der Waals surface area (Å²) in [5.74, 6) is -6.92. The van der Waals surface area contributed by atoms with Crippen molar-refractivity contribution in [1.82, 2.24) is 0 Å². The van der Waals surface area contributed by atoms with Gasteiger partial charge in [0.25, 0.3) is 5.69 Å². The first kappa shape index (κ1) is 23.0. The highest BCUT2D eigenvalue weighted by atomic mass is 16.6. The van der Waals surface area contributed by atoms with Crippen molar-refractivity contribution in [2.24, 2.45) is 0 Å². The Hall–Kier alpha value is -4.28. The van der Waals surface area contributed by atoms with Crippen LogP contribution in [0.2, 0.25) is 0 Å². The summed E-state index contributed by atoms with van der Waals surface area (Å²) >= 11 is 0. The number of nitrogens with zero attached hydrogens (tertiary/aromatic N) is 1. The Labute approximate surface area is 175 Å². The smallest absolute Gasteiger partial charge is 0.340 e. The minimum absolute atomic E-state index is 0.236. The number of carbonyl (C=O) groups is 4. The van der Waals surface area contributed by atoms with Crippen LogP contribution >= 0.6 is 0 Å². The monoisotopic (exact) mass is 431 g/mol. The van der Waals surface area contributed by atoms with Crippen molar-refractivity contribution < 1.29 is 43.8 Å². The van der Waals surface area contributed by atoms with Crippen LogP contribution in [0.25, 0.3) is 0 Å². The van der Waals surface area contributed by atoms with Crippen LogP contribution in [-0.2, 0) is 16.1 Å². The fourth-order valence-electron chi connectivity index (χ4n) is 2.81. The molecule has 0 aliphatic carbocycles. The number of hydrogen-bond donors (Lipinski definition) is 2. The van der Waals surface area contributed by atoms with E-state index in [0.717, 1.165) is 26.8 Å². The van der Waals surface area contributed by atoms with Gasteiger partial charge in [-0.1, -0.05) is 12.1 Å². The number of nitro benzene ring substituents is 1. The molecular weight excluding hydrogens is 414 g/mol. The Kier molecular flexibility index (Phi) is 6.70. The lowest BCUT2D eigenvalue weighted by atomic mass is 9.93. The van der Waals surface area contributed by atoms with E-state index in [-0.39, 0.29) is 11.3 Å². The summed E-state index contributed by atoms with van der Waals surface area (Å²) in [6.45, 7) is 2.45. The minimum Gasteiger partial charge on any atom is -0.504 e. The van der Waals surface area contributed by atoms with Crippen molar-refractivity contribution in [3.05, 3.63) is 56.6 Å². The molecule has 2 aromatic rings. The maximum Gasteiger partial charge on any atom is 0.340 e. The Bertz CT molecular complexity index is 1120. The van der Waals surface area contributed by atoms with Gasteiger partial charge in [0.05, 0.1) is 21.6 Å². The van der Waals surface area contributed by atoms with E-state index in [0.29, 0.717) is 0 Å². The molecule has 0 unspecified atom stereocenters. The highest BCUT2D eigenvalue weighted by Gasteiger charge is 2.34. The van der Waals surface area contributed by atoms with Crippen molar-refractivity contribution in [1.29, 1.82) is 0 Å². The molecule has 0 aromatic heterocycles. The van der Waals surface area contributed by atoms with Gasteiger partial charge >= 0.3 is 11.9 Å². The molecule has 0 amide bonds. The number of nitro groups is 1. The van der Waals surface area contributed by atoms with Gasteiger partial charge in [0.1, 0.15) is 6.61 Å². The summed E-state index contributed by atoms with van der Waals surface area (Å²) in [6, 6.07) is 5.20. The van der Waals surface area contributed by atoms with Gasteiger partial charge in [-0.25, -0.2) is 4.79 Å². The Morgan fingerprint density at radius 2 is 1.58 bits per heavy atom. The second-order valence-electron chi connectivity index (χ2n) is 6.36. The van der Waals surface area contributed by atoms with Gasteiger partial charge < -0.3 is 19.7 Å².